The van der Waals surface area contributed by atoms with E-state index in [1.807, 2.05) is 6.07 Å². The molecule has 0 bridgehead atoms. The van der Waals surface area contributed by atoms with E-state index in [-0.39, 0.29) is 5.75 Å². The zero-order valence-electron chi connectivity index (χ0n) is 8.52. The van der Waals surface area contributed by atoms with Crippen molar-refractivity contribution >= 4 is 0 Å². The summed E-state index contributed by atoms with van der Waals surface area (Å²) in [6.07, 6.45) is -2.26. The van der Waals surface area contributed by atoms with Gasteiger partial charge in [0.15, 0.2) is 0 Å². The molecule has 1 N–H and O–H groups in total. The largest absolute Gasteiger partial charge is 0.432 e. The number of benzene rings is 1. The summed E-state index contributed by atoms with van der Waals surface area (Å²) >= 11 is 0. The van der Waals surface area contributed by atoms with Gasteiger partial charge in [0.2, 0.25) is 0 Å². The molecule has 82 valence electrons. The van der Waals surface area contributed by atoms with E-state index in [9.17, 15) is 8.78 Å². The number of rotatable bonds is 2. The standard InChI is InChI=1S/C11H13F2NO/c1-11(12,13)15-10-4-2-3-8-5-6-14-7-9(8)10/h2-4,14H,5-7H2,1H3. The Morgan fingerprint density at radius 3 is 2.93 bits per heavy atom. The topological polar surface area (TPSA) is 21.3 Å². The number of halogens is 2. The van der Waals surface area contributed by atoms with Crippen molar-refractivity contribution in [2.45, 2.75) is 26.0 Å². The van der Waals surface area contributed by atoms with Crippen LogP contribution in [0.25, 0.3) is 0 Å². The maximum Gasteiger partial charge on any atom is 0.394 e. The summed E-state index contributed by atoms with van der Waals surface area (Å²) in [4.78, 5) is 0. The molecule has 0 saturated carbocycles. The van der Waals surface area contributed by atoms with Gasteiger partial charge in [-0.2, -0.15) is 8.78 Å². The van der Waals surface area contributed by atoms with Crippen molar-refractivity contribution in [1.82, 2.24) is 5.32 Å². The highest BCUT2D eigenvalue weighted by Gasteiger charge is 2.25. The van der Waals surface area contributed by atoms with Crippen LogP contribution in [0.5, 0.6) is 5.75 Å². The van der Waals surface area contributed by atoms with Crippen LogP contribution in [0.3, 0.4) is 0 Å². The van der Waals surface area contributed by atoms with Crippen molar-refractivity contribution < 1.29 is 13.5 Å². The van der Waals surface area contributed by atoms with E-state index < -0.39 is 6.11 Å². The lowest BCUT2D eigenvalue weighted by atomic mass is 10.0. The van der Waals surface area contributed by atoms with Gasteiger partial charge in [0.25, 0.3) is 0 Å². The molecule has 1 heterocycles. The first-order chi connectivity index (χ1) is 7.06. The van der Waals surface area contributed by atoms with E-state index in [1.165, 1.54) is 0 Å². The summed E-state index contributed by atoms with van der Waals surface area (Å²) in [5, 5.41) is 3.14. The van der Waals surface area contributed by atoms with Gasteiger partial charge in [-0.15, -0.1) is 0 Å². The average molecular weight is 213 g/mol. The quantitative estimate of drug-likeness (QED) is 0.814. The van der Waals surface area contributed by atoms with Gasteiger partial charge < -0.3 is 10.1 Å². The first-order valence-corrected chi connectivity index (χ1v) is 4.94. The highest BCUT2D eigenvalue weighted by atomic mass is 19.3. The summed E-state index contributed by atoms with van der Waals surface area (Å²) in [7, 11) is 0. The van der Waals surface area contributed by atoms with Crippen molar-refractivity contribution in [3.8, 4) is 5.75 Å². The third-order valence-electron chi connectivity index (χ3n) is 2.39. The van der Waals surface area contributed by atoms with Crippen LogP contribution in [0.15, 0.2) is 18.2 Å². The SMILES string of the molecule is CC(F)(F)Oc1cccc2c1CNCC2. The van der Waals surface area contributed by atoms with E-state index >= 15 is 0 Å². The number of ether oxygens (including phenoxy) is 1. The van der Waals surface area contributed by atoms with Gasteiger partial charge in [-0.25, -0.2) is 0 Å². The second-order valence-corrected chi connectivity index (χ2v) is 3.73. The maximum atomic E-state index is 12.7. The fourth-order valence-electron chi connectivity index (χ4n) is 1.77. The van der Waals surface area contributed by atoms with Gasteiger partial charge in [0.05, 0.1) is 0 Å². The van der Waals surface area contributed by atoms with Crippen LogP contribution in [0, 0.1) is 0 Å². The van der Waals surface area contributed by atoms with Crippen LogP contribution in [-0.2, 0) is 13.0 Å². The van der Waals surface area contributed by atoms with Crippen LogP contribution in [0.1, 0.15) is 18.1 Å². The highest BCUT2D eigenvalue weighted by molar-refractivity contribution is 5.41. The molecule has 15 heavy (non-hydrogen) atoms. The van der Waals surface area contributed by atoms with Crippen molar-refractivity contribution in [3.05, 3.63) is 29.3 Å². The molecular weight excluding hydrogens is 200 g/mol. The second-order valence-electron chi connectivity index (χ2n) is 3.73. The number of fused-ring (bicyclic) bond motifs is 1. The zero-order chi connectivity index (χ0) is 10.9. The Hall–Kier alpha value is -1.16. The van der Waals surface area contributed by atoms with Gasteiger partial charge in [0, 0.05) is 19.0 Å². The number of hydrogen-bond acceptors (Lipinski definition) is 2. The fraction of sp³-hybridized carbons (Fsp3) is 0.455. The molecule has 2 rings (SSSR count). The number of nitrogens with one attached hydrogen (secondary N) is 1. The summed E-state index contributed by atoms with van der Waals surface area (Å²) in [6, 6.07) is 5.30. The molecule has 0 spiro atoms. The van der Waals surface area contributed by atoms with E-state index in [2.05, 4.69) is 10.1 Å². The van der Waals surface area contributed by atoms with Crippen LogP contribution in [-0.4, -0.2) is 12.7 Å². The first kappa shape index (κ1) is 10.4. The van der Waals surface area contributed by atoms with Crippen molar-refractivity contribution in [2.24, 2.45) is 0 Å². The maximum absolute atomic E-state index is 12.7. The summed E-state index contributed by atoms with van der Waals surface area (Å²) in [5.74, 6) is 0.284. The minimum atomic E-state index is -3.12. The Labute approximate surface area is 87.2 Å². The molecule has 0 unspecified atom stereocenters. The van der Waals surface area contributed by atoms with Crippen LogP contribution in [0.2, 0.25) is 0 Å². The Morgan fingerprint density at radius 2 is 2.20 bits per heavy atom. The van der Waals surface area contributed by atoms with E-state index in [0.717, 1.165) is 31.0 Å². The minimum absolute atomic E-state index is 0.284. The molecule has 1 aliphatic heterocycles. The van der Waals surface area contributed by atoms with Gasteiger partial charge in [-0.05, 0) is 24.6 Å². The minimum Gasteiger partial charge on any atom is -0.432 e. The molecule has 0 aromatic heterocycles. The molecule has 0 aliphatic carbocycles. The third kappa shape index (κ3) is 2.45. The predicted molar refractivity (Wildman–Crippen MR) is 53.1 cm³/mol. The highest BCUT2D eigenvalue weighted by Crippen LogP contribution is 2.29. The normalized spacial score (nSPS) is 15.9. The van der Waals surface area contributed by atoms with Crippen molar-refractivity contribution in [1.29, 1.82) is 0 Å². The van der Waals surface area contributed by atoms with Gasteiger partial charge in [-0.3, -0.25) is 0 Å². The van der Waals surface area contributed by atoms with E-state index in [0.29, 0.717) is 6.54 Å². The first-order valence-electron chi connectivity index (χ1n) is 4.94. The molecular formula is C11H13F2NO. The molecule has 4 heteroatoms. The molecule has 0 saturated heterocycles. The summed E-state index contributed by atoms with van der Waals surface area (Å²) in [6.45, 7) is 2.24. The van der Waals surface area contributed by atoms with Gasteiger partial charge >= 0.3 is 6.11 Å². The molecule has 1 aromatic rings. The van der Waals surface area contributed by atoms with E-state index in [1.54, 1.807) is 12.1 Å². The molecule has 1 aromatic carbocycles. The molecule has 0 fully saturated rings. The molecule has 0 atom stereocenters. The smallest absolute Gasteiger partial charge is 0.394 e. The third-order valence-corrected chi connectivity index (χ3v) is 2.39. The van der Waals surface area contributed by atoms with Crippen LogP contribution in [0.4, 0.5) is 8.78 Å². The number of hydrogen-bond donors (Lipinski definition) is 1. The van der Waals surface area contributed by atoms with Gasteiger partial charge in [0.1, 0.15) is 5.75 Å². The lowest BCUT2D eigenvalue weighted by Crippen LogP contribution is -2.26. The lowest BCUT2D eigenvalue weighted by molar-refractivity contribution is -0.159. The average Bonchev–Trinajstić information content (AvgIpc) is 2.16. The van der Waals surface area contributed by atoms with Crippen LogP contribution < -0.4 is 10.1 Å². The zero-order valence-corrected chi connectivity index (χ0v) is 8.52. The second kappa shape index (κ2) is 3.77. The summed E-state index contributed by atoms with van der Waals surface area (Å²) < 4.78 is 30.1. The Morgan fingerprint density at radius 1 is 1.40 bits per heavy atom. The predicted octanol–water partition coefficient (Wildman–Crippen LogP) is 2.32. The summed E-state index contributed by atoms with van der Waals surface area (Å²) in [5.41, 5.74) is 1.95. The van der Waals surface area contributed by atoms with Crippen molar-refractivity contribution in [2.75, 3.05) is 6.54 Å². The fourth-order valence-corrected chi connectivity index (χ4v) is 1.77. The number of alkyl halides is 2. The Bertz CT molecular complexity index is 360. The van der Waals surface area contributed by atoms with E-state index in [4.69, 9.17) is 0 Å². The Balaban J connectivity index is 2.31. The molecule has 1 aliphatic rings. The molecule has 0 radical (unpaired) electrons. The van der Waals surface area contributed by atoms with Crippen molar-refractivity contribution in [3.63, 3.8) is 0 Å². The van der Waals surface area contributed by atoms with Crippen LogP contribution >= 0.6 is 0 Å². The lowest BCUT2D eigenvalue weighted by Gasteiger charge is -2.22. The monoisotopic (exact) mass is 213 g/mol. The molecule has 2 nitrogen and oxygen atoms in total. The Kier molecular flexibility index (Phi) is 2.61. The van der Waals surface area contributed by atoms with Gasteiger partial charge in [-0.1, -0.05) is 12.1 Å². The molecule has 0 amide bonds.